The van der Waals surface area contributed by atoms with Gasteiger partial charge in [0, 0.05) is 6.92 Å². The molecule has 0 spiro atoms. The highest BCUT2D eigenvalue weighted by atomic mass is 16.5. The van der Waals surface area contributed by atoms with Crippen LogP contribution in [0.2, 0.25) is 0 Å². The van der Waals surface area contributed by atoms with Crippen LogP contribution < -0.4 is 4.74 Å². The Kier molecular flexibility index (Phi) is 3.41. The summed E-state index contributed by atoms with van der Waals surface area (Å²) in [4.78, 5) is 26.3. The molecule has 0 radical (unpaired) electrons. The molecule has 0 aromatic heterocycles. The van der Waals surface area contributed by atoms with Gasteiger partial charge in [0.2, 0.25) is 0 Å². The minimum atomic E-state index is -1.12. The zero-order valence-electron chi connectivity index (χ0n) is 9.92. The Morgan fingerprint density at radius 2 is 2.22 bits per heavy atom. The highest BCUT2D eigenvalue weighted by Crippen LogP contribution is 2.30. The van der Waals surface area contributed by atoms with Crippen LogP contribution in [0.4, 0.5) is 0 Å². The molecule has 18 heavy (non-hydrogen) atoms. The highest BCUT2D eigenvalue weighted by molar-refractivity contribution is 5.92. The van der Waals surface area contributed by atoms with Gasteiger partial charge in [-0.3, -0.25) is 9.79 Å². The Labute approximate surface area is 104 Å². The van der Waals surface area contributed by atoms with Crippen LogP contribution in [0.3, 0.4) is 0 Å². The molecule has 2 rings (SSSR count). The van der Waals surface area contributed by atoms with Crippen LogP contribution in [-0.2, 0) is 4.79 Å². The number of hydrogen-bond donors (Lipinski definition) is 1. The highest BCUT2D eigenvalue weighted by Gasteiger charge is 2.19. The van der Waals surface area contributed by atoms with Gasteiger partial charge >= 0.3 is 11.9 Å². The lowest BCUT2D eigenvalue weighted by Gasteiger charge is -2.11. The summed E-state index contributed by atoms with van der Waals surface area (Å²) in [6.45, 7) is 1.24. The number of aliphatic imine (C=N–C) groups is 1. The number of carboxylic acids is 1. The summed E-state index contributed by atoms with van der Waals surface area (Å²) in [5.74, 6) is -1.58. The lowest BCUT2D eigenvalue weighted by atomic mass is 10.0. The lowest BCUT2D eigenvalue weighted by Crippen LogP contribution is -2.08. The van der Waals surface area contributed by atoms with Gasteiger partial charge in [-0.2, -0.15) is 0 Å². The maximum atomic E-state index is 11.1. The number of hydrogen-bond acceptors (Lipinski definition) is 4. The minimum Gasteiger partial charge on any atom is -0.478 e. The summed E-state index contributed by atoms with van der Waals surface area (Å²) in [5.41, 5.74) is 0.821. The molecule has 0 saturated heterocycles. The first kappa shape index (κ1) is 12.3. The summed E-state index contributed by atoms with van der Waals surface area (Å²) in [6.07, 6.45) is 3.62. The van der Waals surface area contributed by atoms with Crippen LogP contribution in [0.5, 0.6) is 5.75 Å². The van der Waals surface area contributed by atoms with Gasteiger partial charge in [0.15, 0.2) is 0 Å². The summed E-state index contributed by atoms with van der Waals surface area (Å²) in [7, 11) is 0. The number of benzene rings is 1. The van der Waals surface area contributed by atoms with Crippen molar-refractivity contribution < 1.29 is 19.4 Å². The number of rotatable bonds is 3. The third-order valence-corrected chi connectivity index (χ3v) is 2.73. The molecular formula is C13H13NO4. The molecule has 1 aliphatic heterocycles. The van der Waals surface area contributed by atoms with Crippen LogP contribution in [0.1, 0.15) is 41.7 Å². The summed E-state index contributed by atoms with van der Waals surface area (Å²) >= 11 is 0. The Morgan fingerprint density at radius 3 is 2.78 bits per heavy atom. The first-order valence-electron chi connectivity index (χ1n) is 5.65. The third-order valence-electron chi connectivity index (χ3n) is 2.73. The lowest BCUT2D eigenvalue weighted by molar-refractivity contribution is -0.131. The van der Waals surface area contributed by atoms with E-state index in [1.807, 2.05) is 6.21 Å². The van der Waals surface area contributed by atoms with Crippen molar-refractivity contribution in [1.29, 1.82) is 0 Å². The number of carbonyl (C=O) groups is 2. The van der Waals surface area contributed by atoms with Crippen LogP contribution in [0.25, 0.3) is 0 Å². The summed E-state index contributed by atoms with van der Waals surface area (Å²) < 4.78 is 4.87. The van der Waals surface area contributed by atoms with Crippen LogP contribution in [0, 0.1) is 0 Å². The molecule has 1 aromatic carbocycles. The molecule has 0 aliphatic carbocycles. The molecule has 5 nitrogen and oxygen atoms in total. The molecule has 0 fully saturated rings. The average Bonchev–Trinajstić information content (AvgIpc) is 2.82. The van der Waals surface area contributed by atoms with Gasteiger partial charge in [-0.25, -0.2) is 4.79 Å². The van der Waals surface area contributed by atoms with Crippen molar-refractivity contribution in [1.82, 2.24) is 0 Å². The minimum absolute atomic E-state index is 0.00878. The fraction of sp³-hybridized carbons (Fsp3) is 0.308. The quantitative estimate of drug-likeness (QED) is 0.656. The van der Waals surface area contributed by atoms with E-state index in [4.69, 9.17) is 9.84 Å². The molecule has 5 heteroatoms. The Bertz CT molecular complexity index is 522. The molecule has 1 atom stereocenters. The van der Waals surface area contributed by atoms with Crippen molar-refractivity contribution in [3.8, 4) is 5.75 Å². The monoisotopic (exact) mass is 247 g/mol. The second-order valence-corrected chi connectivity index (χ2v) is 4.08. The fourth-order valence-electron chi connectivity index (χ4n) is 1.93. The standard InChI is InChI=1S/C13H13NO4/c1-8(15)18-12-5-4-9(7-10(12)13(16)17)11-3-2-6-14-11/h4-7,11H,2-3H2,1H3,(H,16,17). The van der Waals surface area contributed by atoms with Gasteiger partial charge in [0.25, 0.3) is 0 Å². The normalized spacial score (nSPS) is 17.7. The zero-order valence-corrected chi connectivity index (χ0v) is 9.92. The molecule has 1 unspecified atom stereocenters. The van der Waals surface area contributed by atoms with E-state index in [1.165, 1.54) is 19.1 Å². The molecule has 0 amide bonds. The number of carbonyl (C=O) groups excluding carboxylic acids is 1. The van der Waals surface area contributed by atoms with Crippen molar-refractivity contribution in [3.63, 3.8) is 0 Å². The predicted octanol–water partition coefficient (Wildman–Crippen LogP) is 2.22. The van der Waals surface area contributed by atoms with E-state index in [2.05, 4.69) is 4.99 Å². The number of aromatic carboxylic acids is 1. The second kappa shape index (κ2) is 5.00. The molecule has 1 aromatic rings. The van der Waals surface area contributed by atoms with E-state index in [0.717, 1.165) is 18.4 Å². The van der Waals surface area contributed by atoms with E-state index < -0.39 is 11.9 Å². The van der Waals surface area contributed by atoms with Crippen LogP contribution in [-0.4, -0.2) is 23.3 Å². The first-order chi connectivity index (χ1) is 8.58. The molecule has 94 valence electrons. The first-order valence-corrected chi connectivity index (χ1v) is 5.65. The van der Waals surface area contributed by atoms with Crippen molar-refractivity contribution in [2.75, 3.05) is 0 Å². The molecule has 1 aliphatic rings. The molecule has 0 bridgehead atoms. The SMILES string of the molecule is CC(=O)Oc1ccc(C2CCC=N2)cc1C(=O)O. The van der Waals surface area contributed by atoms with E-state index >= 15 is 0 Å². The fourth-order valence-corrected chi connectivity index (χ4v) is 1.93. The maximum Gasteiger partial charge on any atom is 0.339 e. The average molecular weight is 247 g/mol. The molecular weight excluding hydrogens is 234 g/mol. The van der Waals surface area contributed by atoms with Gasteiger partial charge in [0.1, 0.15) is 11.3 Å². The smallest absolute Gasteiger partial charge is 0.339 e. The van der Waals surface area contributed by atoms with E-state index in [9.17, 15) is 9.59 Å². The van der Waals surface area contributed by atoms with Gasteiger partial charge in [-0.15, -0.1) is 0 Å². The number of ether oxygens (including phenoxy) is 1. The van der Waals surface area contributed by atoms with Gasteiger partial charge < -0.3 is 9.84 Å². The molecule has 0 saturated carbocycles. The second-order valence-electron chi connectivity index (χ2n) is 4.08. The van der Waals surface area contributed by atoms with Crippen molar-refractivity contribution >= 4 is 18.2 Å². The Balaban J connectivity index is 2.36. The summed E-state index contributed by atoms with van der Waals surface area (Å²) in [5, 5.41) is 9.12. The largest absolute Gasteiger partial charge is 0.478 e. The number of esters is 1. The Hall–Kier alpha value is -2.17. The van der Waals surface area contributed by atoms with E-state index in [0.29, 0.717) is 0 Å². The van der Waals surface area contributed by atoms with Gasteiger partial charge in [-0.1, -0.05) is 6.07 Å². The van der Waals surface area contributed by atoms with E-state index in [1.54, 1.807) is 6.07 Å². The van der Waals surface area contributed by atoms with E-state index in [-0.39, 0.29) is 17.4 Å². The van der Waals surface area contributed by atoms with Crippen LogP contribution >= 0.6 is 0 Å². The topological polar surface area (TPSA) is 76.0 Å². The Morgan fingerprint density at radius 1 is 1.44 bits per heavy atom. The maximum absolute atomic E-state index is 11.1. The van der Waals surface area contributed by atoms with Crippen molar-refractivity contribution in [2.24, 2.45) is 4.99 Å². The molecule has 1 heterocycles. The number of carboxylic acid groups (broad SMARTS) is 1. The third kappa shape index (κ3) is 2.56. The summed E-state index contributed by atoms with van der Waals surface area (Å²) in [6, 6.07) is 4.79. The zero-order chi connectivity index (χ0) is 13.1. The molecule has 1 N–H and O–H groups in total. The predicted molar refractivity (Wildman–Crippen MR) is 65.2 cm³/mol. The van der Waals surface area contributed by atoms with Crippen LogP contribution in [0.15, 0.2) is 23.2 Å². The van der Waals surface area contributed by atoms with Gasteiger partial charge in [0.05, 0.1) is 6.04 Å². The number of nitrogens with zero attached hydrogens (tertiary/aromatic N) is 1. The van der Waals surface area contributed by atoms with Gasteiger partial charge in [-0.05, 0) is 36.8 Å². The van der Waals surface area contributed by atoms with Crippen molar-refractivity contribution in [3.05, 3.63) is 29.3 Å². The van der Waals surface area contributed by atoms with Crippen molar-refractivity contribution in [2.45, 2.75) is 25.8 Å².